The molecule has 1 aliphatic heterocycles. The van der Waals surface area contributed by atoms with Crippen molar-refractivity contribution in [3.8, 4) is 0 Å². The normalized spacial score (nSPS) is 16.4. The van der Waals surface area contributed by atoms with Crippen molar-refractivity contribution in [2.45, 2.75) is 13.3 Å². The molecule has 18 heavy (non-hydrogen) atoms. The maximum Gasteiger partial charge on any atom is 0.222 e. The zero-order chi connectivity index (χ0) is 11.8. The molecule has 0 unspecified atom stereocenters. The molecule has 4 heteroatoms. The highest BCUT2D eigenvalue weighted by Crippen LogP contribution is 2.25. The lowest BCUT2D eigenvalue weighted by Crippen LogP contribution is -2.23. The second-order valence-electron chi connectivity index (χ2n) is 4.73. The van der Waals surface area contributed by atoms with Crippen LogP contribution < -0.4 is 0 Å². The van der Waals surface area contributed by atoms with Crippen LogP contribution in [0.25, 0.3) is 16.7 Å². The average Bonchev–Trinajstić information content (AvgIpc) is 2.72. The fourth-order valence-corrected chi connectivity index (χ4v) is 2.14. The summed E-state index contributed by atoms with van der Waals surface area (Å²) < 4.78 is 5.80. The number of oxazole rings is 1. The Labute approximate surface area is 113 Å². The minimum atomic E-state index is 0. The molecule has 0 amide bonds. The largest absolute Gasteiger partial charge is 0.436 e. The summed E-state index contributed by atoms with van der Waals surface area (Å²) >= 11 is 0. The molecule has 0 aliphatic carbocycles. The zero-order valence-corrected chi connectivity index (χ0v) is 11.5. The Morgan fingerprint density at radius 2 is 2.17 bits per heavy atom. The SMILES string of the molecule is Cc1ccc2oc(C3=CCN(C)CC3)nc2c1.Cl. The highest BCUT2D eigenvalue weighted by Gasteiger charge is 2.14. The Bertz CT molecular complexity index is 588. The summed E-state index contributed by atoms with van der Waals surface area (Å²) in [7, 11) is 2.13. The van der Waals surface area contributed by atoms with Gasteiger partial charge in [0.15, 0.2) is 5.58 Å². The quantitative estimate of drug-likeness (QED) is 0.792. The van der Waals surface area contributed by atoms with Gasteiger partial charge in [-0.3, -0.25) is 0 Å². The molecular formula is C14H17ClN2O. The predicted octanol–water partition coefficient (Wildman–Crippen LogP) is 3.28. The van der Waals surface area contributed by atoms with E-state index < -0.39 is 0 Å². The zero-order valence-electron chi connectivity index (χ0n) is 10.6. The molecule has 0 fully saturated rings. The molecular weight excluding hydrogens is 248 g/mol. The summed E-state index contributed by atoms with van der Waals surface area (Å²) in [6, 6.07) is 6.12. The van der Waals surface area contributed by atoms with Crippen LogP contribution in [-0.2, 0) is 0 Å². The van der Waals surface area contributed by atoms with E-state index in [0.717, 1.165) is 36.5 Å². The second-order valence-corrected chi connectivity index (χ2v) is 4.73. The van der Waals surface area contributed by atoms with Gasteiger partial charge >= 0.3 is 0 Å². The summed E-state index contributed by atoms with van der Waals surface area (Å²) in [5.74, 6) is 0.790. The average molecular weight is 265 g/mol. The van der Waals surface area contributed by atoms with Crippen LogP contribution in [0.2, 0.25) is 0 Å². The first-order chi connectivity index (χ1) is 8.22. The molecule has 0 bridgehead atoms. The number of aromatic nitrogens is 1. The highest BCUT2D eigenvalue weighted by atomic mass is 35.5. The van der Waals surface area contributed by atoms with Crippen molar-refractivity contribution < 1.29 is 4.42 Å². The van der Waals surface area contributed by atoms with Gasteiger partial charge in [0.2, 0.25) is 5.89 Å². The van der Waals surface area contributed by atoms with Crippen molar-refractivity contribution in [1.29, 1.82) is 0 Å². The summed E-state index contributed by atoms with van der Waals surface area (Å²) in [5, 5.41) is 0. The van der Waals surface area contributed by atoms with Crippen LogP contribution in [0.4, 0.5) is 0 Å². The minimum Gasteiger partial charge on any atom is -0.436 e. The lowest BCUT2D eigenvalue weighted by molar-refractivity contribution is 0.367. The molecule has 96 valence electrons. The summed E-state index contributed by atoms with van der Waals surface area (Å²) in [6.45, 7) is 4.12. The number of benzene rings is 1. The summed E-state index contributed by atoms with van der Waals surface area (Å²) in [6.07, 6.45) is 3.23. The van der Waals surface area contributed by atoms with Crippen molar-refractivity contribution in [3.05, 3.63) is 35.7 Å². The van der Waals surface area contributed by atoms with Gasteiger partial charge < -0.3 is 9.32 Å². The first-order valence-corrected chi connectivity index (χ1v) is 5.97. The second kappa shape index (κ2) is 5.12. The number of fused-ring (bicyclic) bond motifs is 1. The van der Waals surface area contributed by atoms with Crippen molar-refractivity contribution in [2.24, 2.45) is 0 Å². The first-order valence-electron chi connectivity index (χ1n) is 5.97. The number of rotatable bonds is 1. The third-order valence-electron chi connectivity index (χ3n) is 3.23. The van der Waals surface area contributed by atoms with E-state index in [1.54, 1.807) is 0 Å². The van der Waals surface area contributed by atoms with Gasteiger partial charge in [0, 0.05) is 18.7 Å². The van der Waals surface area contributed by atoms with Crippen LogP contribution in [0.1, 0.15) is 17.9 Å². The number of hydrogen-bond donors (Lipinski definition) is 0. The van der Waals surface area contributed by atoms with Crippen LogP contribution in [-0.4, -0.2) is 30.0 Å². The number of hydrogen-bond acceptors (Lipinski definition) is 3. The third-order valence-corrected chi connectivity index (χ3v) is 3.23. The number of likely N-dealkylation sites (N-methyl/N-ethyl adjacent to an activating group) is 1. The predicted molar refractivity (Wildman–Crippen MR) is 76.1 cm³/mol. The maximum absolute atomic E-state index is 5.80. The monoisotopic (exact) mass is 264 g/mol. The molecule has 3 nitrogen and oxygen atoms in total. The maximum atomic E-state index is 5.80. The lowest BCUT2D eigenvalue weighted by Gasteiger charge is -2.20. The van der Waals surface area contributed by atoms with Gasteiger partial charge in [-0.15, -0.1) is 12.4 Å². The van der Waals surface area contributed by atoms with Gasteiger partial charge in [0.25, 0.3) is 0 Å². The van der Waals surface area contributed by atoms with Crippen molar-refractivity contribution in [1.82, 2.24) is 9.88 Å². The molecule has 0 saturated carbocycles. The van der Waals surface area contributed by atoms with Gasteiger partial charge in [-0.25, -0.2) is 4.98 Å². The van der Waals surface area contributed by atoms with E-state index in [1.807, 2.05) is 6.07 Å². The molecule has 2 heterocycles. The number of aryl methyl sites for hydroxylation is 1. The Kier molecular flexibility index (Phi) is 3.73. The summed E-state index contributed by atoms with van der Waals surface area (Å²) in [4.78, 5) is 6.86. The van der Waals surface area contributed by atoms with Crippen LogP contribution in [0.15, 0.2) is 28.7 Å². The number of halogens is 1. The molecule has 0 spiro atoms. The first kappa shape index (κ1) is 13.1. The van der Waals surface area contributed by atoms with Gasteiger partial charge in [0.1, 0.15) is 5.52 Å². The fraction of sp³-hybridized carbons (Fsp3) is 0.357. The van der Waals surface area contributed by atoms with E-state index in [4.69, 9.17) is 4.42 Å². The molecule has 1 aliphatic rings. The minimum absolute atomic E-state index is 0. The Hall–Kier alpha value is -1.32. The van der Waals surface area contributed by atoms with Crippen molar-refractivity contribution >= 4 is 29.1 Å². The van der Waals surface area contributed by atoms with Crippen LogP contribution >= 0.6 is 12.4 Å². The van der Waals surface area contributed by atoms with E-state index in [9.17, 15) is 0 Å². The molecule has 0 radical (unpaired) electrons. The van der Waals surface area contributed by atoms with Crippen molar-refractivity contribution in [3.63, 3.8) is 0 Å². The number of nitrogens with zero attached hydrogens (tertiary/aromatic N) is 2. The van der Waals surface area contributed by atoms with Crippen molar-refractivity contribution in [2.75, 3.05) is 20.1 Å². The molecule has 2 aromatic rings. The topological polar surface area (TPSA) is 29.3 Å². The van der Waals surface area contributed by atoms with Gasteiger partial charge in [0.05, 0.1) is 0 Å². The van der Waals surface area contributed by atoms with E-state index in [0.29, 0.717) is 0 Å². The Morgan fingerprint density at radius 3 is 2.89 bits per heavy atom. The van der Waals surface area contributed by atoms with E-state index in [-0.39, 0.29) is 12.4 Å². The lowest BCUT2D eigenvalue weighted by atomic mass is 10.1. The van der Waals surface area contributed by atoms with Gasteiger partial charge in [-0.1, -0.05) is 12.1 Å². The summed E-state index contributed by atoms with van der Waals surface area (Å²) in [5.41, 5.74) is 4.29. The van der Waals surface area contributed by atoms with Crippen LogP contribution in [0.5, 0.6) is 0 Å². The van der Waals surface area contributed by atoms with Gasteiger partial charge in [-0.05, 0) is 38.1 Å². The van der Waals surface area contributed by atoms with E-state index in [2.05, 4.69) is 42.1 Å². The molecule has 1 aromatic heterocycles. The van der Waals surface area contributed by atoms with Crippen LogP contribution in [0.3, 0.4) is 0 Å². The van der Waals surface area contributed by atoms with E-state index in [1.165, 1.54) is 11.1 Å². The standard InChI is InChI=1S/C14H16N2O.ClH/c1-10-3-4-13-12(9-10)15-14(17-13)11-5-7-16(2)8-6-11;/h3-5,9H,6-8H2,1-2H3;1H. The van der Waals surface area contributed by atoms with Crippen LogP contribution in [0, 0.1) is 6.92 Å². The molecule has 0 saturated heterocycles. The van der Waals surface area contributed by atoms with E-state index >= 15 is 0 Å². The van der Waals surface area contributed by atoms with Gasteiger partial charge in [-0.2, -0.15) is 0 Å². The molecule has 0 N–H and O–H groups in total. The molecule has 0 atom stereocenters. The molecule has 3 rings (SSSR count). The smallest absolute Gasteiger partial charge is 0.222 e. The third kappa shape index (κ3) is 2.42. The fourth-order valence-electron chi connectivity index (χ4n) is 2.14. The Morgan fingerprint density at radius 1 is 1.33 bits per heavy atom. The highest BCUT2D eigenvalue weighted by molar-refractivity contribution is 5.85. The Balaban J connectivity index is 0.00000120. The molecule has 1 aromatic carbocycles.